The van der Waals surface area contributed by atoms with Crippen LogP contribution in [0.3, 0.4) is 0 Å². The molecule has 2 aromatic rings. The number of anilines is 1. The smallest absolute Gasteiger partial charge is 0.127 e. The first-order chi connectivity index (χ1) is 8.97. The van der Waals surface area contributed by atoms with Crippen molar-refractivity contribution in [2.45, 2.75) is 20.5 Å². The van der Waals surface area contributed by atoms with Crippen LogP contribution in [-0.2, 0) is 6.61 Å². The van der Waals surface area contributed by atoms with Crippen LogP contribution in [-0.4, -0.2) is 0 Å². The average Bonchev–Trinajstić information content (AvgIpc) is 2.33. The number of nitrogens with two attached hydrogens (primary N) is 1. The Hall–Kier alpha value is -2.10. The molecule has 2 N–H and O–H groups in total. The molecule has 0 bridgehead atoms. The topological polar surface area (TPSA) is 35.2 Å². The van der Waals surface area contributed by atoms with Gasteiger partial charge >= 0.3 is 0 Å². The minimum atomic E-state index is -0.611. The SMILES string of the molecule is Cc1ccc(N)c(C)c1OCc1cc(F)cc(F)c1. The summed E-state index contributed by atoms with van der Waals surface area (Å²) in [6.07, 6.45) is 0. The number of benzene rings is 2. The zero-order chi connectivity index (χ0) is 14.0. The number of ether oxygens (including phenoxy) is 1. The fraction of sp³-hybridized carbons (Fsp3) is 0.200. The number of hydrogen-bond acceptors (Lipinski definition) is 2. The van der Waals surface area contributed by atoms with Crippen LogP contribution in [0, 0.1) is 25.5 Å². The Labute approximate surface area is 110 Å². The van der Waals surface area contributed by atoms with Gasteiger partial charge in [0.05, 0.1) is 0 Å². The molecule has 0 aliphatic rings. The van der Waals surface area contributed by atoms with Crippen LogP contribution in [0.25, 0.3) is 0 Å². The molecule has 2 rings (SSSR count). The maximum atomic E-state index is 13.1. The highest BCUT2D eigenvalue weighted by Gasteiger charge is 2.08. The summed E-state index contributed by atoms with van der Waals surface area (Å²) in [5, 5.41) is 0. The summed E-state index contributed by atoms with van der Waals surface area (Å²) in [5.41, 5.74) is 8.64. The van der Waals surface area contributed by atoms with E-state index in [1.807, 2.05) is 19.9 Å². The van der Waals surface area contributed by atoms with Gasteiger partial charge in [-0.25, -0.2) is 8.78 Å². The van der Waals surface area contributed by atoms with E-state index in [0.29, 0.717) is 17.0 Å². The fourth-order valence-corrected chi connectivity index (χ4v) is 1.91. The molecule has 0 heterocycles. The van der Waals surface area contributed by atoms with Crippen molar-refractivity contribution in [1.29, 1.82) is 0 Å². The van der Waals surface area contributed by atoms with Crippen molar-refractivity contribution < 1.29 is 13.5 Å². The Morgan fingerprint density at radius 2 is 1.68 bits per heavy atom. The highest BCUT2D eigenvalue weighted by Crippen LogP contribution is 2.28. The normalized spacial score (nSPS) is 10.5. The van der Waals surface area contributed by atoms with Gasteiger partial charge in [0.1, 0.15) is 24.0 Å². The summed E-state index contributed by atoms with van der Waals surface area (Å²) in [6, 6.07) is 6.99. The van der Waals surface area contributed by atoms with Crippen molar-refractivity contribution in [3.63, 3.8) is 0 Å². The molecule has 100 valence electrons. The van der Waals surface area contributed by atoms with Crippen LogP contribution in [0.5, 0.6) is 5.75 Å². The van der Waals surface area contributed by atoms with Gasteiger partial charge in [-0.1, -0.05) is 6.07 Å². The largest absolute Gasteiger partial charge is 0.488 e. The maximum absolute atomic E-state index is 13.1. The molecule has 0 aliphatic carbocycles. The third kappa shape index (κ3) is 3.02. The lowest BCUT2D eigenvalue weighted by molar-refractivity contribution is 0.301. The van der Waals surface area contributed by atoms with Crippen molar-refractivity contribution in [3.05, 3.63) is 58.7 Å². The van der Waals surface area contributed by atoms with E-state index < -0.39 is 11.6 Å². The minimum Gasteiger partial charge on any atom is -0.488 e. The fourth-order valence-electron chi connectivity index (χ4n) is 1.91. The molecule has 0 aromatic heterocycles. The second-order valence-electron chi connectivity index (χ2n) is 4.49. The highest BCUT2D eigenvalue weighted by atomic mass is 19.1. The van der Waals surface area contributed by atoms with Crippen molar-refractivity contribution in [2.75, 3.05) is 5.73 Å². The van der Waals surface area contributed by atoms with E-state index in [9.17, 15) is 8.78 Å². The van der Waals surface area contributed by atoms with E-state index in [0.717, 1.165) is 17.2 Å². The molecule has 0 amide bonds. The van der Waals surface area contributed by atoms with Crippen LogP contribution in [0.2, 0.25) is 0 Å². The second-order valence-corrected chi connectivity index (χ2v) is 4.49. The Balaban J connectivity index is 2.21. The van der Waals surface area contributed by atoms with E-state index in [1.54, 1.807) is 6.07 Å². The molecule has 0 radical (unpaired) electrons. The van der Waals surface area contributed by atoms with E-state index in [1.165, 1.54) is 12.1 Å². The van der Waals surface area contributed by atoms with Gasteiger partial charge in [0.2, 0.25) is 0 Å². The first-order valence-corrected chi connectivity index (χ1v) is 5.91. The maximum Gasteiger partial charge on any atom is 0.127 e. The molecule has 0 saturated carbocycles. The minimum absolute atomic E-state index is 0.0970. The predicted molar refractivity (Wildman–Crippen MR) is 71.0 cm³/mol. The molecule has 2 nitrogen and oxygen atoms in total. The molecule has 2 aromatic carbocycles. The summed E-state index contributed by atoms with van der Waals surface area (Å²) in [7, 11) is 0. The molecular weight excluding hydrogens is 248 g/mol. The Morgan fingerprint density at radius 3 is 2.32 bits per heavy atom. The lowest BCUT2D eigenvalue weighted by Gasteiger charge is -2.13. The van der Waals surface area contributed by atoms with Gasteiger partial charge in [0, 0.05) is 17.3 Å². The van der Waals surface area contributed by atoms with Crippen LogP contribution in [0.1, 0.15) is 16.7 Å². The predicted octanol–water partition coefficient (Wildman–Crippen LogP) is 3.74. The standard InChI is InChI=1S/C15H15F2NO/c1-9-3-4-14(18)10(2)15(9)19-8-11-5-12(16)7-13(17)6-11/h3-7H,8,18H2,1-2H3. The number of nitrogen functional groups attached to an aromatic ring is 1. The monoisotopic (exact) mass is 263 g/mol. The number of hydrogen-bond donors (Lipinski definition) is 1. The van der Waals surface area contributed by atoms with E-state index in [2.05, 4.69) is 0 Å². The first-order valence-electron chi connectivity index (χ1n) is 5.91. The quantitative estimate of drug-likeness (QED) is 0.856. The number of halogens is 2. The zero-order valence-corrected chi connectivity index (χ0v) is 10.8. The summed E-state index contributed by atoms with van der Waals surface area (Å²) < 4.78 is 31.8. The summed E-state index contributed by atoms with van der Waals surface area (Å²) in [6.45, 7) is 3.84. The molecule has 0 aliphatic heterocycles. The lowest BCUT2D eigenvalue weighted by atomic mass is 10.1. The first kappa shape index (κ1) is 13.3. The summed E-state index contributed by atoms with van der Waals surface area (Å²) in [4.78, 5) is 0. The molecule has 0 unspecified atom stereocenters. The van der Waals surface area contributed by atoms with Gasteiger partial charge in [0.15, 0.2) is 0 Å². The van der Waals surface area contributed by atoms with Crippen molar-refractivity contribution in [1.82, 2.24) is 0 Å². The Bertz CT molecular complexity index is 591. The van der Waals surface area contributed by atoms with Crippen LogP contribution < -0.4 is 10.5 Å². The van der Waals surface area contributed by atoms with E-state index in [-0.39, 0.29) is 6.61 Å². The average molecular weight is 263 g/mol. The van der Waals surface area contributed by atoms with Crippen molar-refractivity contribution in [3.8, 4) is 5.75 Å². The van der Waals surface area contributed by atoms with Gasteiger partial charge in [-0.05, 0) is 43.2 Å². The Kier molecular flexibility index (Phi) is 3.69. The van der Waals surface area contributed by atoms with Gasteiger partial charge in [-0.15, -0.1) is 0 Å². The third-order valence-electron chi connectivity index (χ3n) is 2.95. The molecule has 0 spiro atoms. The number of aryl methyl sites for hydroxylation is 1. The van der Waals surface area contributed by atoms with Crippen molar-refractivity contribution in [2.24, 2.45) is 0 Å². The van der Waals surface area contributed by atoms with Gasteiger partial charge in [0.25, 0.3) is 0 Å². The van der Waals surface area contributed by atoms with Crippen LogP contribution >= 0.6 is 0 Å². The highest BCUT2D eigenvalue weighted by molar-refractivity contribution is 5.56. The summed E-state index contributed by atoms with van der Waals surface area (Å²) >= 11 is 0. The molecule has 0 saturated heterocycles. The van der Waals surface area contributed by atoms with Crippen LogP contribution in [0.4, 0.5) is 14.5 Å². The van der Waals surface area contributed by atoms with Gasteiger partial charge in [-0.2, -0.15) is 0 Å². The van der Waals surface area contributed by atoms with Crippen molar-refractivity contribution >= 4 is 5.69 Å². The van der Waals surface area contributed by atoms with Gasteiger partial charge in [-0.3, -0.25) is 0 Å². The molecule has 0 atom stereocenters. The van der Waals surface area contributed by atoms with E-state index >= 15 is 0 Å². The zero-order valence-electron chi connectivity index (χ0n) is 10.8. The third-order valence-corrected chi connectivity index (χ3v) is 2.95. The van der Waals surface area contributed by atoms with Crippen LogP contribution in [0.15, 0.2) is 30.3 Å². The van der Waals surface area contributed by atoms with E-state index in [4.69, 9.17) is 10.5 Å². The Morgan fingerprint density at radius 1 is 1.05 bits per heavy atom. The number of rotatable bonds is 3. The second kappa shape index (κ2) is 5.26. The molecule has 4 heteroatoms. The molecule has 19 heavy (non-hydrogen) atoms. The van der Waals surface area contributed by atoms with Gasteiger partial charge < -0.3 is 10.5 Å². The summed E-state index contributed by atoms with van der Waals surface area (Å²) in [5.74, 6) is -0.566. The molecular formula is C15H15F2NO. The lowest BCUT2D eigenvalue weighted by Crippen LogP contribution is -2.02. The molecule has 0 fully saturated rings.